The monoisotopic (exact) mass is 484 g/mol. The van der Waals surface area contributed by atoms with Crippen LogP contribution in [0.1, 0.15) is 10.4 Å². The zero-order valence-corrected chi connectivity index (χ0v) is 18.7. The summed E-state index contributed by atoms with van der Waals surface area (Å²) < 4.78 is 31.1. The predicted octanol–water partition coefficient (Wildman–Crippen LogP) is 3.98. The third-order valence-electron chi connectivity index (χ3n) is 4.97. The van der Waals surface area contributed by atoms with Gasteiger partial charge in [-0.05, 0) is 54.6 Å². The van der Waals surface area contributed by atoms with E-state index in [4.69, 9.17) is 16.3 Å². The first-order valence-electron chi connectivity index (χ1n) is 9.56. The lowest BCUT2D eigenvalue weighted by Crippen LogP contribution is -2.19. The molecule has 0 fully saturated rings. The number of sulfone groups is 1. The third-order valence-corrected chi connectivity index (χ3v) is 7.11. The predicted molar refractivity (Wildman–Crippen MR) is 124 cm³/mol. The topological polar surface area (TPSA) is 126 Å². The fourth-order valence-electron chi connectivity index (χ4n) is 3.28. The molecular weight excluding hydrogens is 468 g/mol. The summed E-state index contributed by atoms with van der Waals surface area (Å²) in [6.45, 7) is 0. The van der Waals surface area contributed by atoms with Crippen molar-refractivity contribution in [3.8, 4) is 11.5 Å². The quantitative estimate of drug-likeness (QED) is 0.393. The summed E-state index contributed by atoms with van der Waals surface area (Å²) in [5.74, 6) is -0.768. The molecule has 0 bridgehead atoms. The van der Waals surface area contributed by atoms with Crippen molar-refractivity contribution in [2.45, 2.75) is 9.79 Å². The lowest BCUT2D eigenvalue weighted by atomic mass is 10.1. The fourth-order valence-corrected chi connectivity index (χ4v) is 4.86. The molecule has 0 atom stereocenters. The smallest absolute Gasteiger partial charge is 0.271 e. The van der Waals surface area contributed by atoms with E-state index in [1.807, 2.05) is 0 Å². The molecule has 3 aromatic carbocycles. The summed E-state index contributed by atoms with van der Waals surface area (Å²) >= 11 is 6.06. The molecule has 168 valence electrons. The summed E-state index contributed by atoms with van der Waals surface area (Å²) in [6, 6.07) is 16.2. The molecule has 0 saturated carbocycles. The molecule has 0 spiro atoms. The second kappa shape index (κ2) is 8.61. The fraction of sp³-hybridized carbons (Fsp3) is 0.0435. The average molecular weight is 485 g/mol. The summed E-state index contributed by atoms with van der Waals surface area (Å²) in [5.41, 5.74) is -0.345. The van der Waals surface area contributed by atoms with Gasteiger partial charge in [0.1, 0.15) is 11.5 Å². The van der Waals surface area contributed by atoms with Crippen molar-refractivity contribution in [1.29, 1.82) is 0 Å². The highest BCUT2D eigenvalue weighted by molar-refractivity contribution is 7.91. The Morgan fingerprint density at radius 3 is 2.42 bits per heavy atom. The molecule has 8 nitrogen and oxygen atoms in total. The first-order chi connectivity index (χ1) is 15.7. The third kappa shape index (κ3) is 4.15. The van der Waals surface area contributed by atoms with Gasteiger partial charge in [0.15, 0.2) is 4.90 Å². The van der Waals surface area contributed by atoms with Gasteiger partial charge in [-0.3, -0.25) is 9.59 Å². The standard InChI is InChI=1S/C23H17ClN2O6S/c1-32-14-7-9-15(10-8-14)33(30,31)21-20(27)16-11-6-13(12-19(16)26-23(21)29)22(28)25-18-5-3-2-4-17(18)24/h2-12H,1H3,(H,25,28)(H2,26,27,29). The zero-order chi connectivity index (χ0) is 23.8. The molecule has 4 rings (SSSR count). The summed E-state index contributed by atoms with van der Waals surface area (Å²) in [4.78, 5) is 26.8. The van der Waals surface area contributed by atoms with E-state index in [0.717, 1.165) is 0 Å². The van der Waals surface area contributed by atoms with Crippen LogP contribution in [0.2, 0.25) is 5.02 Å². The van der Waals surface area contributed by atoms with E-state index in [9.17, 15) is 23.1 Å². The molecule has 1 aromatic heterocycles. The first kappa shape index (κ1) is 22.4. The highest BCUT2D eigenvalue weighted by atomic mass is 35.5. The number of hydrogen-bond acceptors (Lipinski definition) is 6. The van der Waals surface area contributed by atoms with Gasteiger partial charge in [0, 0.05) is 10.9 Å². The number of H-pyrrole nitrogens is 1. The van der Waals surface area contributed by atoms with E-state index < -0.39 is 31.9 Å². The van der Waals surface area contributed by atoms with Gasteiger partial charge in [-0.1, -0.05) is 23.7 Å². The minimum Gasteiger partial charge on any atom is -0.506 e. The summed E-state index contributed by atoms with van der Waals surface area (Å²) in [7, 11) is -2.90. The number of amides is 1. The number of fused-ring (bicyclic) bond motifs is 1. The van der Waals surface area contributed by atoms with Crippen molar-refractivity contribution in [3.05, 3.63) is 87.7 Å². The molecule has 0 radical (unpaired) electrons. The number of aromatic amines is 1. The minimum atomic E-state index is -4.33. The van der Waals surface area contributed by atoms with Crippen LogP contribution in [0.4, 0.5) is 5.69 Å². The van der Waals surface area contributed by atoms with E-state index in [2.05, 4.69) is 10.3 Å². The van der Waals surface area contributed by atoms with E-state index >= 15 is 0 Å². The van der Waals surface area contributed by atoms with Gasteiger partial charge >= 0.3 is 0 Å². The number of anilines is 1. The van der Waals surface area contributed by atoms with Crippen molar-refractivity contribution in [3.63, 3.8) is 0 Å². The summed E-state index contributed by atoms with van der Waals surface area (Å²) in [6.07, 6.45) is 0. The van der Waals surface area contributed by atoms with Crippen molar-refractivity contribution < 1.29 is 23.1 Å². The van der Waals surface area contributed by atoms with E-state index in [0.29, 0.717) is 16.5 Å². The Hall–Kier alpha value is -3.82. The van der Waals surface area contributed by atoms with E-state index in [1.165, 1.54) is 49.6 Å². The van der Waals surface area contributed by atoms with Crippen LogP contribution in [0, 0.1) is 0 Å². The first-order valence-corrected chi connectivity index (χ1v) is 11.4. The Kier molecular flexibility index (Phi) is 5.84. The maximum Gasteiger partial charge on any atom is 0.271 e. The molecule has 0 aliphatic rings. The van der Waals surface area contributed by atoms with Crippen LogP contribution >= 0.6 is 11.6 Å². The Bertz CT molecular complexity index is 1550. The number of hydrogen-bond donors (Lipinski definition) is 3. The lowest BCUT2D eigenvalue weighted by molar-refractivity contribution is 0.102. The highest BCUT2D eigenvalue weighted by Crippen LogP contribution is 2.32. The van der Waals surface area contributed by atoms with Crippen LogP contribution in [0.15, 0.2) is 81.3 Å². The molecule has 0 aliphatic heterocycles. The van der Waals surface area contributed by atoms with Gasteiger partial charge < -0.3 is 20.1 Å². The zero-order valence-electron chi connectivity index (χ0n) is 17.1. The maximum atomic E-state index is 13.0. The average Bonchev–Trinajstić information content (AvgIpc) is 2.80. The SMILES string of the molecule is COc1ccc(S(=O)(=O)c2c(O)c3ccc(C(=O)Nc4ccccc4Cl)cc3[nH]c2=O)cc1. The van der Waals surface area contributed by atoms with Crippen molar-refractivity contribution in [1.82, 2.24) is 4.98 Å². The van der Waals surface area contributed by atoms with Crippen LogP contribution < -0.4 is 15.6 Å². The molecule has 1 amide bonds. The van der Waals surface area contributed by atoms with Crippen LogP contribution in [0.25, 0.3) is 10.9 Å². The number of para-hydroxylation sites is 1. The molecule has 1 heterocycles. The second-order valence-electron chi connectivity index (χ2n) is 7.01. The second-order valence-corrected chi connectivity index (χ2v) is 9.30. The van der Waals surface area contributed by atoms with Gasteiger partial charge in [-0.2, -0.15) is 0 Å². The molecule has 0 unspecified atom stereocenters. The van der Waals surface area contributed by atoms with E-state index in [1.54, 1.807) is 24.3 Å². The number of methoxy groups -OCH3 is 1. The van der Waals surface area contributed by atoms with Crippen LogP contribution in [-0.2, 0) is 9.84 Å². The van der Waals surface area contributed by atoms with Crippen LogP contribution in [0.5, 0.6) is 11.5 Å². The maximum absolute atomic E-state index is 13.0. The number of ether oxygens (including phenoxy) is 1. The Labute approximate surface area is 193 Å². The molecule has 0 aliphatic carbocycles. The van der Waals surface area contributed by atoms with Crippen molar-refractivity contribution in [2.75, 3.05) is 12.4 Å². The van der Waals surface area contributed by atoms with Gasteiger partial charge in [-0.25, -0.2) is 8.42 Å². The normalized spacial score (nSPS) is 11.3. The van der Waals surface area contributed by atoms with Gasteiger partial charge in [0.2, 0.25) is 9.84 Å². The van der Waals surface area contributed by atoms with Crippen LogP contribution in [-0.4, -0.2) is 31.5 Å². The number of halogens is 1. The summed E-state index contributed by atoms with van der Waals surface area (Å²) in [5, 5.41) is 13.8. The number of carbonyl (C=O) groups is 1. The molecule has 4 aromatic rings. The highest BCUT2D eigenvalue weighted by Gasteiger charge is 2.27. The number of benzene rings is 3. The molecular formula is C23H17ClN2O6S. The van der Waals surface area contributed by atoms with Crippen molar-refractivity contribution >= 4 is 43.9 Å². The molecule has 10 heteroatoms. The van der Waals surface area contributed by atoms with E-state index in [-0.39, 0.29) is 21.4 Å². The minimum absolute atomic E-state index is 0.0657. The number of nitrogens with one attached hydrogen (secondary N) is 2. The van der Waals surface area contributed by atoms with Gasteiger partial charge in [0.05, 0.1) is 28.2 Å². The Morgan fingerprint density at radius 2 is 1.76 bits per heavy atom. The lowest BCUT2D eigenvalue weighted by Gasteiger charge is -2.11. The number of rotatable bonds is 5. The van der Waals surface area contributed by atoms with Crippen LogP contribution in [0.3, 0.4) is 0 Å². The van der Waals surface area contributed by atoms with Crippen molar-refractivity contribution in [2.24, 2.45) is 0 Å². The van der Waals surface area contributed by atoms with Gasteiger partial charge in [0.25, 0.3) is 11.5 Å². The number of carbonyl (C=O) groups excluding carboxylic acids is 1. The number of aromatic hydroxyl groups is 1. The number of aromatic nitrogens is 1. The molecule has 0 saturated heterocycles. The Balaban J connectivity index is 1.75. The Morgan fingerprint density at radius 1 is 1.06 bits per heavy atom. The largest absolute Gasteiger partial charge is 0.506 e. The van der Waals surface area contributed by atoms with Gasteiger partial charge in [-0.15, -0.1) is 0 Å². The molecule has 3 N–H and O–H groups in total. The number of pyridine rings is 1. The molecule has 33 heavy (non-hydrogen) atoms.